The first-order chi connectivity index (χ1) is 10.5. The van der Waals surface area contributed by atoms with Crippen LogP contribution in [0.3, 0.4) is 0 Å². The van der Waals surface area contributed by atoms with Crippen molar-refractivity contribution in [2.75, 3.05) is 0 Å². The van der Waals surface area contributed by atoms with Gasteiger partial charge >= 0.3 is 0 Å². The van der Waals surface area contributed by atoms with Crippen molar-refractivity contribution in [2.24, 2.45) is 10.8 Å². The molecule has 0 aliphatic carbocycles. The van der Waals surface area contributed by atoms with Gasteiger partial charge in [0, 0.05) is 42.1 Å². The molecule has 26 heavy (non-hydrogen) atoms. The maximum atomic E-state index is 8.00. The van der Waals surface area contributed by atoms with Crippen LogP contribution in [-0.4, -0.2) is 6.79 Å². The van der Waals surface area contributed by atoms with Crippen LogP contribution in [-0.2, 0) is 46.9 Å². The fourth-order valence-electron chi connectivity index (χ4n) is 0.354. The Kier molecular flexibility index (Phi) is 110. The predicted octanol–water partition coefficient (Wildman–Crippen LogP) is 9.56. The number of carbonyl (C=O) groups is 1. The molecule has 0 bridgehead atoms. The Hall–Kier alpha value is 1.78. The molecule has 168 valence electrons. The molecule has 0 aromatic rings. The standard InChI is InChI=1S/2C6H14.C5H12.2C2H6.CH2O.HI.2W/c2*1-5-6(2,3)4;1-3-5-4-2;3*1-2;;;/h2*5H2,1-4H3;3-5H2,1-2H3;2*1-2H3;1H2;1H;;. The molecule has 0 heterocycles. The van der Waals surface area contributed by atoms with Gasteiger partial charge in [0.25, 0.3) is 0 Å². The summed E-state index contributed by atoms with van der Waals surface area (Å²) < 4.78 is 0. The number of unbranched alkanes of at least 4 members (excludes halogenated alkanes) is 2. The first kappa shape index (κ1) is 56.5. The number of rotatable bonds is 2. The quantitative estimate of drug-likeness (QED) is 0.254. The van der Waals surface area contributed by atoms with Crippen LogP contribution in [0, 0.1) is 10.8 Å². The molecule has 0 saturated carbocycles. The Bertz CT molecular complexity index is 137. The Balaban J connectivity index is -0.0000000198. The van der Waals surface area contributed by atoms with Gasteiger partial charge in [-0.25, -0.2) is 0 Å². The van der Waals surface area contributed by atoms with Crippen LogP contribution in [0.15, 0.2) is 0 Å². The van der Waals surface area contributed by atoms with Gasteiger partial charge in [-0.2, -0.15) is 0 Å². The van der Waals surface area contributed by atoms with E-state index < -0.39 is 0 Å². The van der Waals surface area contributed by atoms with Crippen LogP contribution >= 0.6 is 24.0 Å². The van der Waals surface area contributed by atoms with Crippen molar-refractivity contribution in [3.05, 3.63) is 0 Å². The Morgan fingerprint density at radius 2 is 0.692 bits per heavy atom. The van der Waals surface area contributed by atoms with Gasteiger partial charge < -0.3 is 4.79 Å². The number of halogens is 1. The van der Waals surface area contributed by atoms with Crippen molar-refractivity contribution >= 4 is 30.8 Å². The Labute approximate surface area is 216 Å². The first-order valence-corrected chi connectivity index (χ1v) is 9.82. The zero-order chi connectivity index (χ0) is 20.5. The summed E-state index contributed by atoms with van der Waals surface area (Å²) >= 11 is 0. The summed E-state index contributed by atoms with van der Waals surface area (Å²) in [4.78, 5) is 8.00. The molecule has 0 aromatic heterocycles. The van der Waals surface area contributed by atoms with E-state index in [0.717, 1.165) is 0 Å². The van der Waals surface area contributed by atoms with Gasteiger partial charge in [0.05, 0.1) is 0 Å². The second-order valence-electron chi connectivity index (χ2n) is 7.18. The minimum absolute atomic E-state index is 0. The molecule has 0 aliphatic rings. The molecule has 0 radical (unpaired) electrons. The predicted molar refractivity (Wildman–Crippen MR) is 130 cm³/mol. The number of hydrogen-bond donors (Lipinski definition) is 0. The third kappa shape index (κ3) is 166. The molecule has 0 fully saturated rings. The summed E-state index contributed by atoms with van der Waals surface area (Å²) in [5.41, 5.74) is 1.08. The summed E-state index contributed by atoms with van der Waals surface area (Å²) in [5, 5.41) is 0. The van der Waals surface area contributed by atoms with Crippen LogP contribution in [0.2, 0.25) is 0 Å². The molecule has 0 spiro atoms. The zero-order valence-corrected chi connectivity index (χ0v) is 29.1. The Morgan fingerprint density at radius 3 is 0.692 bits per heavy atom. The molecule has 0 rings (SSSR count). The number of hydrogen-bond acceptors (Lipinski definition) is 1. The molecule has 0 aliphatic heterocycles. The van der Waals surface area contributed by atoms with Gasteiger partial charge in [0.2, 0.25) is 0 Å². The van der Waals surface area contributed by atoms with Crippen LogP contribution in [0.25, 0.3) is 0 Å². The second kappa shape index (κ2) is 50.5. The summed E-state index contributed by atoms with van der Waals surface area (Å²) in [6.45, 7) is 32.3. The topological polar surface area (TPSA) is 17.1 Å². The normalized spacial score (nSPS) is 7.77. The molecule has 0 unspecified atom stereocenters. The largest absolute Gasteiger partial charge is 0.307 e. The van der Waals surface area contributed by atoms with Crippen LogP contribution in [0.1, 0.15) is 129 Å². The van der Waals surface area contributed by atoms with Crippen LogP contribution < -0.4 is 0 Å². The molecule has 1 nitrogen and oxygen atoms in total. The molecule has 0 N–H and O–H groups in total. The average Bonchev–Trinajstić information content (AvgIpc) is 2.54. The minimum atomic E-state index is 0. The van der Waals surface area contributed by atoms with E-state index >= 15 is 0 Å². The maximum Gasteiger partial charge on any atom is 0.106 e. The Morgan fingerprint density at radius 1 is 0.577 bits per heavy atom. The fourth-order valence-corrected chi connectivity index (χ4v) is 0.354. The van der Waals surface area contributed by atoms with Gasteiger partial charge in [-0.3, -0.25) is 0 Å². The van der Waals surface area contributed by atoms with E-state index in [0.29, 0.717) is 10.8 Å². The maximum absolute atomic E-state index is 8.00. The van der Waals surface area contributed by atoms with E-state index in [1.807, 2.05) is 34.5 Å². The van der Waals surface area contributed by atoms with E-state index in [9.17, 15) is 0 Å². The third-order valence-corrected chi connectivity index (χ3v) is 2.83. The van der Waals surface area contributed by atoms with Crippen molar-refractivity contribution in [1.29, 1.82) is 0 Å². The van der Waals surface area contributed by atoms with E-state index in [1.54, 1.807) is 0 Å². The summed E-state index contributed by atoms with van der Waals surface area (Å²) in [6, 6.07) is 0. The van der Waals surface area contributed by atoms with Gasteiger partial charge in [-0.15, -0.1) is 24.0 Å². The van der Waals surface area contributed by atoms with Crippen LogP contribution in [0.5, 0.6) is 0 Å². The van der Waals surface area contributed by atoms with Crippen molar-refractivity contribution in [3.63, 3.8) is 0 Å². The minimum Gasteiger partial charge on any atom is -0.307 e. The monoisotopic (exact) mass is 830 g/mol. The van der Waals surface area contributed by atoms with E-state index in [2.05, 4.69) is 69.2 Å². The summed E-state index contributed by atoms with van der Waals surface area (Å²) in [6.07, 6.45) is 6.62. The molecular weight excluding hydrogens is 775 g/mol. The molecule has 0 aromatic carbocycles. The third-order valence-electron chi connectivity index (χ3n) is 2.83. The molecule has 0 amide bonds. The molecule has 0 saturated heterocycles. The molecule has 4 heteroatoms. The van der Waals surface area contributed by atoms with Gasteiger partial charge in [-0.05, 0) is 10.8 Å². The first-order valence-electron chi connectivity index (χ1n) is 9.82. The second-order valence-corrected chi connectivity index (χ2v) is 7.18. The van der Waals surface area contributed by atoms with Crippen LogP contribution in [0.4, 0.5) is 0 Å². The van der Waals surface area contributed by atoms with Crippen molar-refractivity contribution in [2.45, 2.75) is 129 Å². The number of carbonyl (C=O) groups excluding carboxylic acids is 1. The van der Waals surface area contributed by atoms with Crippen molar-refractivity contribution in [3.8, 4) is 0 Å². The fraction of sp³-hybridized carbons (Fsp3) is 0.955. The van der Waals surface area contributed by atoms with Gasteiger partial charge in [-0.1, -0.05) is 129 Å². The van der Waals surface area contributed by atoms with Crippen molar-refractivity contribution < 1.29 is 46.9 Å². The molecule has 0 atom stereocenters. The van der Waals surface area contributed by atoms with E-state index in [1.165, 1.54) is 32.1 Å². The van der Waals surface area contributed by atoms with Gasteiger partial charge in [0.1, 0.15) is 6.79 Å². The zero-order valence-electron chi connectivity index (χ0n) is 20.9. The van der Waals surface area contributed by atoms with Crippen molar-refractivity contribution in [1.82, 2.24) is 0 Å². The van der Waals surface area contributed by atoms with E-state index in [4.69, 9.17) is 4.79 Å². The van der Waals surface area contributed by atoms with E-state index in [-0.39, 0.29) is 66.1 Å². The SMILES string of the molecule is C=O.CC.CC.CCC(C)(C)C.CCC(C)(C)C.CCCCC.I.[W].[W]. The summed E-state index contributed by atoms with van der Waals surface area (Å²) in [5.74, 6) is 0. The summed E-state index contributed by atoms with van der Waals surface area (Å²) in [7, 11) is 0. The average molecular weight is 830 g/mol. The smallest absolute Gasteiger partial charge is 0.106 e. The molecular formula is C22H55IOW2. The van der Waals surface area contributed by atoms with Gasteiger partial charge in [0.15, 0.2) is 0 Å².